The van der Waals surface area contributed by atoms with E-state index in [0.717, 1.165) is 12.1 Å². The number of rotatable bonds is 3. The van der Waals surface area contributed by atoms with Crippen molar-refractivity contribution in [2.24, 2.45) is 4.99 Å². The lowest BCUT2D eigenvalue weighted by Crippen LogP contribution is -2.05. The van der Waals surface area contributed by atoms with E-state index in [4.69, 9.17) is 0 Å². The van der Waals surface area contributed by atoms with Gasteiger partial charge in [0.05, 0.1) is 0 Å². The maximum Gasteiger partial charge on any atom is 0.0460 e. The zero-order valence-electron chi connectivity index (χ0n) is 9.30. The molecule has 80 valence electrons. The monoisotopic (exact) mass is 210 g/mol. The average molecular weight is 210 g/mol. The minimum Gasteiger partial charge on any atom is -0.292 e. The Bertz CT molecular complexity index is 461. The molecule has 2 heteroatoms. The van der Waals surface area contributed by atoms with Crippen molar-refractivity contribution < 1.29 is 0 Å². The Kier molecular flexibility index (Phi) is 3.44. The van der Waals surface area contributed by atoms with Gasteiger partial charge in [-0.15, -0.1) is 0 Å². The summed E-state index contributed by atoms with van der Waals surface area (Å²) in [7, 11) is 1.84. The Labute approximate surface area is 95.7 Å². The number of benzene rings is 1. The minimum atomic E-state index is 0.850. The van der Waals surface area contributed by atoms with Crippen LogP contribution in [0.2, 0.25) is 0 Å². The molecule has 0 saturated carbocycles. The third-order valence-electron chi connectivity index (χ3n) is 2.50. The van der Waals surface area contributed by atoms with Gasteiger partial charge in [0.15, 0.2) is 0 Å². The maximum absolute atomic E-state index is 4.35. The minimum absolute atomic E-state index is 0.850. The summed E-state index contributed by atoms with van der Waals surface area (Å²) in [5, 5.41) is 0. The highest BCUT2D eigenvalue weighted by Crippen LogP contribution is 2.07. The molecule has 0 bridgehead atoms. The van der Waals surface area contributed by atoms with E-state index in [1.54, 1.807) is 0 Å². The van der Waals surface area contributed by atoms with Crippen LogP contribution in [0.5, 0.6) is 0 Å². The summed E-state index contributed by atoms with van der Waals surface area (Å²) >= 11 is 0. The van der Waals surface area contributed by atoms with Crippen LogP contribution in [0, 0.1) is 0 Å². The Hall–Kier alpha value is -1.96. The van der Waals surface area contributed by atoms with Gasteiger partial charge in [0.2, 0.25) is 0 Å². The lowest BCUT2D eigenvalue weighted by atomic mass is 10.0. The third-order valence-corrected chi connectivity index (χ3v) is 2.50. The molecule has 0 amide bonds. The van der Waals surface area contributed by atoms with Crippen LogP contribution in [0.15, 0.2) is 59.9 Å². The van der Waals surface area contributed by atoms with Crippen molar-refractivity contribution in [3.8, 4) is 0 Å². The molecule has 2 nitrogen and oxygen atoms in total. The number of nitrogens with zero attached hydrogens (tertiary/aromatic N) is 2. The molecular weight excluding hydrogens is 196 g/mol. The van der Waals surface area contributed by atoms with Crippen LogP contribution in [-0.2, 0) is 6.42 Å². The first-order chi connectivity index (χ1) is 7.90. The average Bonchev–Trinajstić information content (AvgIpc) is 2.38. The second-order valence-corrected chi connectivity index (χ2v) is 3.57. The maximum atomic E-state index is 4.35. The Balaban J connectivity index is 2.20. The lowest BCUT2D eigenvalue weighted by Gasteiger charge is -2.05. The van der Waals surface area contributed by atoms with E-state index in [9.17, 15) is 0 Å². The Morgan fingerprint density at radius 2 is 1.75 bits per heavy atom. The molecule has 1 heterocycles. The highest BCUT2D eigenvalue weighted by Gasteiger charge is 2.02. The lowest BCUT2D eigenvalue weighted by molar-refractivity contribution is 1.22. The van der Waals surface area contributed by atoms with Crippen LogP contribution in [0.3, 0.4) is 0 Å². The van der Waals surface area contributed by atoms with Crippen LogP contribution in [-0.4, -0.2) is 17.7 Å². The van der Waals surface area contributed by atoms with Crippen LogP contribution in [0.4, 0.5) is 0 Å². The second kappa shape index (κ2) is 5.21. The van der Waals surface area contributed by atoms with Gasteiger partial charge < -0.3 is 0 Å². The SMILES string of the molecule is C/N=C(\Cc1ccncc1)c1ccccc1. The van der Waals surface area contributed by atoms with Crippen LogP contribution in [0.25, 0.3) is 0 Å². The Morgan fingerprint density at radius 3 is 2.38 bits per heavy atom. The molecule has 0 unspecified atom stereocenters. The highest BCUT2D eigenvalue weighted by molar-refractivity contribution is 6.01. The predicted molar refractivity (Wildman–Crippen MR) is 66.8 cm³/mol. The summed E-state index contributed by atoms with van der Waals surface area (Å²) in [4.78, 5) is 8.36. The van der Waals surface area contributed by atoms with Crippen molar-refractivity contribution in [3.63, 3.8) is 0 Å². The molecule has 2 aromatic rings. The van der Waals surface area contributed by atoms with Gasteiger partial charge in [-0.05, 0) is 23.3 Å². The number of hydrogen-bond acceptors (Lipinski definition) is 2. The van der Waals surface area contributed by atoms with Crippen molar-refractivity contribution in [1.82, 2.24) is 4.98 Å². The molecule has 0 N–H and O–H groups in total. The van der Waals surface area contributed by atoms with Gasteiger partial charge in [0.25, 0.3) is 0 Å². The zero-order chi connectivity index (χ0) is 11.2. The number of pyridine rings is 1. The summed E-state index contributed by atoms with van der Waals surface area (Å²) in [5.74, 6) is 0. The van der Waals surface area contributed by atoms with E-state index in [1.807, 2.05) is 49.8 Å². The van der Waals surface area contributed by atoms with Gasteiger partial charge >= 0.3 is 0 Å². The van der Waals surface area contributed by atoms with Crippen LogP contribution < -0.4 is 0 Å². The molecule has 1 aromatic carbocycles. The standard InChI is InChI=1S/C14H14N2/c1-15-14(13-5-3-2-4-6-13)11-12-7-9-16-10-8-12/h2-10H,11H2,1H3/b15-14+. The summed E-state index contributed by atoms with van der Waals surface area (Å²) in [6.45, 7) is 0. The van der Waals surface area contributed by atoms with Crippen LogP contribution >= 0.6 is 0 Å². The van der Waals surface area contributed by atoms with E-state index < -0.39 is 0 Å². The first kappa shape index (κ1) is 10.6. The van der Waals surface area contributed by atoms with Crippen molar-refractivity contribution in [3.05, 3.63) is 66.0 Å². The van der Waals surface area contributed by atoms with Crippen molar-refractivity contribution in [2.75, 3.05) is 7.05 Å². The van der Waals surface area contributed by atoms with Gasteiger partial charge in [-0.25, -0.2) is 0 Å². The molecule has 0 fully saturated rings. The summed E-state index contributed by atoms with van der Waals surface area (Å²) in [6, 6.07) is 14.3. The topological polar surface area (TPSA) is 25.2 Å². The summed E-state index contributed by atoms with van der Waals surface area (Å²) in [6.07, 6.45) is 4.48. The van der Waals surface area contributed by atoms with Gasteiger partial charge in [-0.3, -0.25) is 9.98 Å². The number of aliphatic imine (C=N–C) groups is 1. The molecule has 16 heavy (non-hydrogen) atoms. The first-order valence-electron chi connectivity index (χ1n) is 5.30. The van der Waals surface area contributed by atoms with Crippen molar-refractivity contribution >= 4 is 5.71 Å². The van der Waals surface area contributed by atoms with E-state index in [2.05, 4.69) is 22.1 Å². The molecule has 0 aliphatic carbocycles. The summed E-state index contributed by atoms with van der Waals surface area (Å²) < 4.78 is 0. The third kappa shape index (κ3) is 2.54. The zero-order valence-corrected chi connectivity index (χ0v) is 9.30. The van der Waals surface area contributed by atoms with E-state index in [1.165, 1.54) is 11.1 Å². The predicted octanol–water partition coefficient (Wildman–Crippen LogP) is 2.74. The van der Waals surface area contributed by atoms with Gasteiger partial charge in [0, 0.05) is 31.6 Å². The molecule has 0 saturated heterocycles. The van der Waals surface area contributed by atoms with Gasteiger partial charge in [-0.2, -0.15) is 0 Å². The highest BCUT2D eigenvalue weighted by atomic mass is 14.7. The van der Waals surface area contributed by atoms with Gasteiger partial charge in [0.1, 0.15) is 0 Å². The molecule has 1 aromatic heterocycles. The molecule has 0 aliphatic rings. The van der Waals surface area contributed by atoms with Crippen molar-refractivity contribution in [1.29, 1.82) is 0 Å². The fraction of sp³-hybridized carbons (Fsp3) is 0.143. The quantitative estimate of drug-likeness (QED) is 0.715. The van der Waals surface area contributed by atoms with E-state index in [-0.39, 0.29) is 0 Å². The van der Waals surface area contributed by atoms with Gasteiger partial charge in [-0.1, -0.05) is 30.3 Å². The Morgan fingerprint density at radius 1 is 1.06 bits per heavy atom. The second-order valence-electron chi connectivity index (χ2n) is 3.57. The normalized spacial score (nSPS) is 11.4. The van der Waals surface area contributed by atoms with Crippen molar-refractivity contribution in [2.45, 2.75) is 6.42 Å². The molecule has 0 radical (unpaired) electrons. The molecule has 2 rings (SSSR count). The number of hydrogen-bond donors (Lipinski definition) is 0. The van der Waals surface area contributed by atoms with Crippen LogP contribution in [0.1, 0.15) is 11.1 Å². The molecular formula is C14H14N2. The van der Waals surface area contributed by atoms with E-state index >= 15 is 0 Å². The van der Waals surface area contributed by atoms with E-state index in [0.29, 0.717) is 0 Å². The number of aromatic nitrogens is 1. The smallest absolute Gasteiger partial charge is 0.0460 e. The first-order valence-corrected chi connectivity index (χ1v) is 5.30. The molecule has 0 aliphatic heterocycles. The summed E-state index contributed by atoms with van der Waals surface area (Å²) in [5.41, 5.74) is 3.52. The molecule has 0 atom stereocenters. The largest absolute Gasteiger partial charge is 0.292 e. The fourth-order valence-corrected chi connectivity index (χ4v) is 1.63. The molecule has 0 spiro atoms. The fourth-order valence-electron chi connectivity index (χ4n) is 1.63.